The lowest BCUT2D eigenvalue weighted by atomic mass is 10.0. The summed E-state index contributed by atoms with van der Waals surface area (Å²) < 4.78 is 13.9. The molecule has 94 valence electrons. The molecule has 1 heterocycles. The van der Waals surface area contributed by atoms with Crippen LogP contribution in [-0.2, 0) is 6.42 Å². The highest BCUT2D eigenvalue weighted by Crippen LogP contribution is 2.24. The SMILES string of the molecule is OC(Cc1cncc(Br)c1)c1ccc(F)c(Cl)c1. The van der Waals surface area contributed by atoms with E-state index in [-0.39, 0.29) is 5.02 Å². The van der Waals surface area contributed by atoms with Crippen LogP contribution in [-0.4, -0.2) is 10.1 Å². The minimum Gasteiger partial charge on any atom is -0.388 e. The Kier molecular flexibility index (Phi) is 4.32. The van der Waals surface area contributed by atoms with Gasteiger partial charge in [-0.05, 0) is 45.3 Å². The van der Waals surface area contributed by atoms with Gasteiger partial charge in [-0.1, -0.05) is 17.7 Å². The summed E-state index contributed by atoms with van der Waals surface area (Å²) >= 11 is 8.99. The fourth-order valence-corrected chi connectivity index (χ4v) is 2.23. The van der Waals surface area contributed by atoms with E-state index in [0.717, 1.165) is 10.0 Å². The van der Waals surface area contributed by atoms with Crippen LogP contribution in [0.15, 0.2) is 41.1 Å². The molecule has 1 N–H and O–H groups in total. The molecule has 0 bridgehead atoms. The number of nitrogens with zero attached hydrogens (tertiary/aromatic N) is 1. The maximum Gasteiger partial charge on any atom is 0.141 e. The lowest BCUT2D eigenvalue weighted by Gasteiger charge is -2.11. The number of benzene rings is 1. The van der Waals surface area contributed by atoms with Crippen molar-refractivity contribution in [3.8, 4) is 0 Å². The first kappa shape index (κ1) is 13.5. The highest BCUT2D eigenvalue weighted by molar-refractivity contribution is 9.10. The normalized spacial score (nSPS) is 12.4. The topological polar surface area (TPSA) is 33.1 Å². The molecule has 0 amide bonds. The average molecular weight is 331 g/mol. The van der Waals surface area contributed by atoms with Gasteiger partial charge in [-0.25, -0.2) is 4.39 Å². The number of halogens is 3. The second kappa shape index (κ2) is 5.78. The number of pyridine rings is 1. The minimum atomic E-state index is -0.737. The average Bonchev–Trinajstić information content (AvgIpc) is 2.32. The Balaban J connectivity index is 2.16. The summed E-state index contributed by atoms with van der Waals surface area (Å²) in [6, 6.07) is 6.09. The molecule has 1 aromatic heterocycles. The van der Waals surface area contributed by atoms with Crippen molar-refractivity contribution in [1.82, 2.24) is 4.98 Å². The van der Waals surface area contributed by atoms with E-state index in [4.69, 9.17) is 11.6 Å². The fraction of sp³-hybridized carbons (Fsp3) is 0.154. The van der Waals surface area contributed by atoms with E-state index >= 15 is 0 Å². The predicted octanol–water partition coefficient (Wildman–Crippen LogP) is 3.91. The maximum absolute atomic E-state index is 13.0. The van der Waals surface area contributed by atoms with Crippen molar-refractivity contribution in [2.75, 3.05) is 0 Å². The van der Waals surface area contributed by atoms with Crippen LogP contribution < -0.4 is 0 Å². The van der Waals surface area contributed by atoms with Crippen molar-refractivity contribution < 1.29 is 9.50 Å². The Morgan fingerprint density at radius 1 is 1.33 bits per heavy atom. The summed E-state index contributed by atoms with van der Waals surface area (Å²) in [5.41, 5.74) is 1.47. The number of rotatable bonds is 3. The molecule has 18 heavy (non-hydrogen) atoms. The zero-order valence-electron chi connectivity index (χ0n) is 9.28. The molecule has 0 saturated heterocycles. The third-order valence-electron chi connectivity index (χ3n) is 2.52. The summed E-state index contributed by atoms with van der Waals surface area (Å²) in [7, 11) is 0. The zero-order valence-corrected chi connectivity index (χ0v) is 11.6. The van der Waals surface area contributed by atoms with Gasteiger partial charge in [-0.3, -0.25) is 4.98 Å². The number of aliphatic hydroxyl groups is 1. The van der Waals surface area contributed by atoms with Gasteiger partial charge < -0.3 is 5.11 Å². The number of hydrogen-bond acceptors (Lipinski definition) is 2. The van der Waals surface area contributed by atoms with Crippen LogP contribution in [0.3, 0.4) is 0 Å². The Bertz CT molecular complexity index is 564. The largest absolute Gasteiger partial charge is 0.388 e. The lowest BCUT2D eigenvalue weighted by molar-refractivity contribution is 0.178. The Hall–Kier alpha value is -0.970. The smallest absolute Gasteiger partial charge is 0.141 e. The van der Waals surface area contributed by atoms with Gasteiger partial charge in [0.15, 0.2) is 0 Å². The molecule has 1 unspecified atom stereocenters. The van der Waals surface area contributed by atoms with Crippen LogP contribution in [0.5, 0.6) is 0 Å². The first-order chi connectivity index (χ1) is 8.56. The molecular formula is C13H10BrClFNO. The highest BCUT2D eigenvalue weighted by atomic mass is 79.9. The minimum absolute atomic E-state index is 0.0129. The van der Waals surface area contributed by atoms with Crippen molar-refractivity contribution in [2.45, 2.75) is 12.5 Å². The molecule has 5 heteroatoms. The van der Waals surface area contributed by atoms with Gasteiger partial charge in [0.25, 0.3) is 0 Å². The molecule has 2 rings (SSSR count). The van der Waals surface area contributed by atoms with Crippen molar-refractivity contribution in [3.63, 3.8) is 0 Å². The maximum atomic E-state index is 13.0. The van der Waals surface area contributed by atoms with Crippen LogP contribution in [0.25, 0.3) is 0 Å². The van der Waals surface area contributed by atoms with Crippen LogP contribution in [0, 0.1) is 5.82 Å². The fourth-order valence-electron chi connectivity index (χ4n) is 1.63. The molecule has 0 saturated carbocycles. The second-order valence-corrected chi connectivity index (χ2v) is 5.23. The molecule has 2 aromatic rings. The van der Waals surface area contributed by atoms with E-state index in [0.29, 0.717) is 12.0 Å². The number of aromatic nitrogens is 1. The van der Waals surface area contributed by atoms with E-state index in [2.05, 4.69) is 20.9 Å². The van der Waals surface area contributed by atoms with Crippen molar-refractivity contribution in [3.05, 3.63) is 63.1 Å². The van der Waals surface area contributed by atoms with Gasteiger partial charge in [-0.2, -0.15) is 0 Å². The molecule has 1 atom stereocenters. The highest BCUT2D eigenvalue weighted by Gasteiger charge is 2.11. The molecular weight excluding hydrogens is 321 g/mol. The summed E-state index contributed by atoms with van der Waals surface area (Å²) in [6.45, 7) is 0. The molecule has 0 aliphatic carbocycles. The van der Waals surface area contributed by atoms with Crippen LogP contribution in [0.2, 0.25) is 5.02 Å². The van der Waals surface area contributed by atoms with Gasteiger partial charge in [0, 0.05) is 23.3 Å². The van der Waals surface area contributed by atoms with Gasteiger partial charge in [0.2, 0.25) is 0 Å². The third kappa shape index (κ3) is 3.28. The molecule has 2 nitrogen and oxygen atoms in total. The van der Waals surface area contributed by atoms with E-state index in [1.165, 1.54) is 18.2 Å². The Labute approximate surface area is 118 Å². The Morgan fingerprint density at radius 3 is 2.78 bits per heavy atom. The van der Waals surface area contributed by atoms with E-state index in [1.807, 2.05) is 6.07 Å². The zero-order chi connectivity index (χ0) is 13.1. The first-order valence-corrected chi connectivity index (χ1v) is 6.46. The van der Waals surface area contributed by atoms with Gasteiger partial charge >= 0.3 is 0 Å². The van der Waals surface area contributed by atoms with E-state index < -0.39 is 11.9 Å². The van der Waals surface area contributed by atoms with E-state index in [1.54, 1.807) is 12.4 Å². The van der Waals surface area contributed by atoms with Gasteiger partial charge in [0.05, 0.1) is 11.1 Å². The van der Waals surface area contributed by atoms with Crippen molar-refractivity contribution in [1.29, 1.82) is 0 Å². The van der Waals surface area contributed by atoms with Gasteiger partial charge in [-0.15, -0.1) is 0 Å². The summed E-state index contributed by atoms with van der Waals surface area (Å²) in [5.74, 6) is -0.489. The summed E-state index contributed by atoms with van der Waals surface area (Å²) in [5, 5.41) is 10.1. The molecule has 0 radical (unpaired) electrons. The van der Waals surface area contributed by atoms with Crippen molar-refractivity contribution >= 4 is 27.5 Å². The quantitative estimate of drug-likeness (QED) is 0.925. The monoisotopic (exact) mass is 329 g/mol. The summed E-state index contributed by atoms with van der Waals surface area (Å²) in [6.07, 6.45) is 3.01. The van der Waals surface area contributed by atoms with Gasteiger partial charge in [0.1, 0.15) is 5.82 Å². The Morgan fingerprint density at radius 2 is 2.11 bits per heavy atom. The van der Waals surface area contributed by atoms with Crippen LogP contribution in [0.4, 0.5) is 4.39 Å². The predicted molar refractivity (Wildman–Crippen MR) is 72.0 cm³/mol. The molecule has 1 aromatic carbocycles. The molecule has 0 aliphatic heterocycles. The standard InChI is InChI=1S/C13H10BrClFNO/c14-10-3-8(6-17-7-10)4-13(18)9-1-2-12(16)11(15)5-9/h1-3,5-7,13,18H,4H2. The molecule has 0 aliphatic rings. The molecule has 0 fully saturated rings. The van der Waals surface area contributed by atoms with Crippen LogP contribution >= 0.6 is 27.5 Å². The first-order valence-electron chi connectivity index (χ1n) is 5.28. The third-order valence-corrected chi connectivity index (χ3v) is 3.24. The second-order valence-electron chi connectivity index (χ2n) is 3.90. The molecule has 0 spiro atoms. The van der Waals surface area contributed by atoms with Crippen LogP contribution in [0.1, 0.15) is 17.2 Å². The summed E-state index contributed by atoms with van der Waals surface area (Å²) in [4.78, 5) is 4.02. The number of aliphatic hydroxyl groups excluding tert-OH is 1. The van der Waals surface area contributed by atoms with Crippen molar-refractivity contribution in [2.24, 2.45) is 0 Å². The lowest BCUT2D eigenvalue weighted by Crippen LogP contribution is -2.02. The number of hydrogen-bond donors (Lipinski definition) is 1. The van der Waals surface area contributed by atoms with E-state index in [9.17, 15) is 9.50 Å².